The number of alkyl halides is 3. The monoisotopic (exact) mass is 422 g/mol. The van der Waals surface area contributed by atoms with Crippen LogP contribution in [0.2, 0.25) is 0 Å². The average Bonchev–Trinajstić information content (AvgIpc) is 3.08. The lowest BCUT2D eigenvalue weighted by atomic mass is 10.1. The van der Waals surface area contributed by atoms with Crippen LogP contribution in [-0.2, 0) is 6.18 Å². The van der Waals surface area contributed by atoms with Gasteiger partial charge in [-0.3, -0.25) is 9.69 Å². The predicted octanol–water partition coefficient (Wildman–Crippen LogP) is 3.72. The molecule has 4 nitrogen and oxygen atoms in total. The largest absolute Gasteiger partial charge is 0.416 e. The highest BCUT2D eigenvalue weighted by atomic mass is 32.1. The number of thiazole rings is 1. The van der Waals surface area contributed by atoms with Crippen LogP contribution >= 0.6 is 11.3 Å². The summed E-state index contributed by atoms with van der Waals surface area (Å²) >= 11 is 1.38. The molecule has 8 heteroatoms. The van der Waals surface area contributed by atoms with E-state index in [0.717, 1.165) is 38.4 Å². The molecule has 2 aromatic carbocycles. The number of halogens is 3. The van der Waals surface area contributed by atoms with Crippen molar-refractivity contribution in [3.05, 3.63) is 58.7 Å². The summed E-state index contributed by atoms with van der Waals surface area (Å²) in [7, 11) is 3.91. The third kappa shape index (κ3) is 4.59. The Morgan fingerprint density at radius 1 is 1.17 bits per heavy atom. The Morgan fingerprint density at radius 2 is 1.90 bits per heavy atom. The number of anilines is 1. The van der Waals surface area contributed by atoms with Gasteiger partial charge in [-0.15, -0.1) is 0 Å². The molecule has 0 spiro atoms. The van der Waals surface area contributed by atoms with Crippen LogP contribution in [0.1, 0.15) is 27.0 Å². The number of fused-ring (bicyclic) bond motifs is 1. The molecule has 0 saturated heterocycles. The fourth-order valence-corrected chi connectivity index (χ4v) is 3.98. The molecular formula is C21H23F3N3OS+. The summed E-state index contributed by atoms with van der Waals surface area (Å²) < 4.78 is 40.2. The van der Waals surface area contributed by atoms with Crippen LogP contribution in [0.5, 0.6) is 0 Å². The maximum atomic E-state index is 13.2. The highest BCUT2D eigenvalue weighted by molar-refractivity contribution is 7.22. The topological polar surface area (TPSA) is 37.6 Å². The molecule has 154 valence electrons. The van der Waals surface area contributed by atoms with E-state index < -0.39 is 17.6 Å². The zero-order valence-electron chi connectivity index (χ0n) is 16.7. The summed E-state index contributed by atoms with van der Waals surface area (Å²) in [5.74, 6) is -0.481. The van der Waals surface area contributed by atoms with Crippen molar-refractivity contribution in [2.45, 2.75) is 20.0 Å². The second-order valence-electron chi connectivity index (χ2n) is 7.34. The lowest BCUT2D eigenvalue weighted by Gasteiger charge is -2.21. The minimum atomic E-state index is -4.50. The molecule has 0 radical (unpaired) electrons. The Kier molecular flexibility index (Phi) is 5.95. The maximum absolute atomic E-state index is 13.2. The molecule has 3 aromatic rings. The fourth-order valence-electron chi connectivity index (χ4n) is 2.93. The number of hydrogen-bond donors (Lipinski definition) is 1. The number of nitrogens with zero attached hydrogens (tertiary/aromatic N) is 2. The molecule has 0 unspecified atom stereocenters. The molecule has 0 aliphatic rings. The number of likely N-dealkylation sites (N-methyl/N-ethyl adjacent to an activating group) is 1. The quantitative estimate of drug-likeness (QED) is 0.681. The number of carbonyl (C=O) groups excluding carboxylic acids is 1. The number of carbonyl (C=O) groups is 1. The van der Waals surface area contributed by atoms with E-state index in [1.165, 1.54) is 28.4 Å². The molecule has 1 amide bonds. The standard InChI is InChI=1S/C21H22F3N3OS/c1-13-8-9-17-18(14(13)2)25-20(29-17)27(11-10-26(3)4)19(28)15-6-5-7-16(12-15)21(22,23)24/h5-9,12H,10-11H2,1-4H3/p+1. The van der Waals surface area contributed by atoms with Gasteiger partial charge in [0.15, 0.2) is 5.13 Å². The van der Waals surface area contributed by atoms with Crippen molar-refractivity contribution in [2.75, 3.05) is 32.1 Å². The van der Waals surface area contributed by atoms with Gasteiger partial charge in [-0.25, -0.2) is 4.98 Å². The fraction of sp³-hybridized carbons (Fsp3) is 0.333. The van der Waals surface area contributed by atoms with Crippen LogP contribution < -0.4 is 9.80 Å². The van der Waals surface area contributed by atoms with Crippen LogP contribution in [0.4, 0.5) is 18.3 Å². The van der Waals surface area contributed by atoms with Crippen LogP contribution in [0.25, 0.3) is 10.2 Å². The molecular weight excluding hydrogens is 399 g/mol. The Labute approximate surface area is 171 Å². The number of benzene rings is 2. The summed E-state index contributed by atoms with van der Waals surface area (Å²) in [6.45, 7) is 4.97. The number of aromatic nitrogens is 1. The number of nitrogens with one attached hydrogen (secondary N) is 1. The maximum Gasteiger partial charge on any atom is 0.416 e. The van der Waals surface area contributed by atoms with Gasteiger partial charge in [-0.05, 0) is 49.2 Å². The number of aryl methyl sites for hydroxylation is 2. The average molecular weight is 422 g/mol. The second kappa shape index (κ2) is 8.12. The molecule has 3 rings (SSSR count). The highest BCUT2D eigenvalue weighted by Crippen LogP contribution is 2.33. The van der Waals surface area contributed by atoms with Gasteiger partial charge in [-0.2, -0.15) is 13.2 Å². The van der Waals surface area contributed by atoms with Crippen LogP contribution in [0.3, 0.4) is 0 Å². The first-order valence-electron chi connectivity index (χ1n) is 9.23. The van der Waals surface area contributed by atoms with Crippen molar-refractivity contribution in [3.63, 3.8) is 0 Å². The number of rotatable bonds is 5. The molecule has 0 aliphatic carbocycles. The van der Waals surface area contributed by atoms with Gasteiger partial charge in [0.2, 0.25) is 0 Å². The van der Waals surface area contributed by atoms with E-state index in [1.54, 1.807) is 0 Å². The van der Waals surface area contributed by atoms with E-state index in [-0.39, 0.29) is 5.56 Å². The van der Waals surface area contributed by atoms with Gasteiger partial charge in [0.25, 0.3) is 5.91 Å². The number of quaternary nitrogens is 1. The lowest BCUT2D eigenvalue weighted by Crippen LogP contribution is -3.06. The summed E-state index contributed by atoms with van der Waals surface area (Å²) in [6.07, 6.45) is -4.50. The molecule has 0 fully saturated rings. The van der Waals surface area contributed by atoms with Crippen molar-refractivity contribution in [1.29, 1.82) is 0 Å². The van der Waals surface area contributed by atoms with Crippen LogP contribution in [0, 0.1) is 13.8 Å². The summed E-state index contributed by atoms with van der Waals surface area (Å²) in [5, 5.41) is 0.498. The smallest absolute Gasteiger partial charge is 0.338 e. The van der Waals surface area contributed by atoms with E-state index in [9.17, 15) is 18.0 Å². The Hall–Kier alpha value is -2.45. The lowest BCUT2D eigenvalue weighted by molar-refractivity contribution is -0.856. The Bertz CT molecular complexity index is 1040. The van der Waals surface area contributed by atoms with Gasteiger partial charge in [0, 0.05) is 5.56 Å². The first-order valence-corrected chi connectivity index (χ1v) is 10.0. The molecule has 0 saturated carbocycles. The van der Waals surface area contributed by atoms with Crippen LogP contribution in [0.15, 0.2) is 36.4 Å². The normalized spacial score (nSPS) is 12.0. The third-order valence-corrected chi connectivity index (χ3v) is 5.87. The second-order valence-corrected chi connectivity index (χ2v) is 8.35. The van der Waals surface area contributed by atoms with Crippen molar-refractivity contribution < 1.29 is 22.9 Å². The predicted molar refractivity (Wildman–Crippen MR) is 110 cm³/mol. The van der Waals surface area contributed by atoms with Crippen molar-refractivity contribution in [1.82, 2.24) is 4.98 Å². The Morgan fingerprint density at radius 3 is 2.55 bits per heavy atom. The summed E-state index contributed by atoms with van der Waals surface area (Å²) in [4.78, 5) is 20.5. The minimum absolute atomic E-state index is 0.000685. The van der Waals surface area contributed by atoms with E-state index in [4.69, 9.17) is 0 Å². The van der Waals surface area contributed by atoms with Gasteiger partial charge in [0.05, 0.1) is 43.0 Å². The zero-order valence-corrected chi connectivity index (χ0v) is 17.5. The van der Waals surface area contributed by atoms with Crippen LogP contribution in [-0.4, -0.2) is 38.1 Å². The summed E-state index contributed by atoms with van der Waals surface area (Å²) in [5.41, 5.74) is 2.12. The highest BCUT2D eigenvalue weighted by Gasteiger charge is 2.32. The van der Waals surface area contributed by atoms with E-state index in [2.05, 4.69) is 4.98 Å². The van der Waals surface area contributed by atoms with Gasteiger partial charge >= 0.3 is 6.18 Å². The zero-order chi connectivity index (χ0) is 21.3. The van der Waals surface area contributed by atoms with E-state index >= 15 is 0 Å². The first-order chi connectivity index (χ1) is 13.6. The minimum Gasteiger partial charge on any atom is -0.338 e. The molecule has 0 atom stereocenters. The molecule has 1 N–H and O–H groups in total. The molecule has 1 aromatic heterocycles. The third-order valence-electron chi connectivity index (χ3n) is 4.82. The van der Waals surface area contributed by atoms with E-state index in [0.29, 0.717) is 18.2 Å². The number of hydrogen-bond acceptors (Lipinski definition) is 3. The Balaban J connectivity index is 2.04. The van der Waals surface area contributed by atoms with Gasteiger partial charge in [-0.1, -0.05) is 23.5 Å². The van der Waals surface area contributed by atoms with E-state index in [1.807, 2.05) is 40.1 Å². The SMILES string of the molecule is Cc1ccc2sc(N(CC[NH+](C)C)C(=O)c3cccc(C(F)(F)F)c3)nc2c1C. The van der Waals surface area contributed by atoms with Crippen molar-refractivity contribution >= 4 is 32.6 Å². The van der Waals surface area contributed by atoms with Crippen molar-refractivity contribution in [2.24, 2.45) is 0 Å². The molecule has 29 heavy (non-hydrogen) atoms. The molecule has 0 bridgehead atoms. The number of amides is 1. The van der Waals surface area contributed by atoms with Crippen molar-refractivity contribution in [3.8, 4) is 0 Å². The molecule has 1 heterocycles. The molecule has 0 aliphatic heterocycles. The van der Waals surface area contributed by atoms with Gasteiger partial charge < -0.3 is 4.90 Å². The first kappa shape index (κ1) is 21.3. The van der Waals surface area contributed by atoms with Gasteiger partial charge in [0.1, 0.15) is 0 Å². The summed E-state index contributed by atoms with van der Waals surface area (Å²) in [6, 6.07) is 8.51.